The second-order valence-electron chi connectivity index (χ2n) is 5.70. The zero-order chi connectivity index (χ0) is 16.4. The summed E-state index contributed by atoms with van der Waals surface area (Å²) in [6.07, 6.45) is -3.76. The molecule has 1 aromatic heterocycles. The van der Waals surface area contributed by atoms with Crippen molar-refractivity contribution in [2.24, 2.45) is 5.92 Å². The van der Waals surface area contributed by atoms with Crippen molar-refractivity contribution in [3.63, 3.8) is 0 Å². The molecule has 1 saturated carbocycles. The van der Waals surface area contributed by atoms with Crippen LogP contribution in [0, 0.1) is 5.92 Å². The van der Waals surface area contributed by atoms with Gasteiger partial charge in [-0.05, 0) is 36.0 Å². The maximum absolute atomic E-state index is 13.4. The van der Waals surface area contributed by atoms with Crippen molar-refractivity contribution in [2.75, 3.05) is 6.61 Å². The number of hydrogen-bond donors (Lipinski definition) is 0. The van der Waals surface area contributed by atoms with Crippen LogP contribution < -0.4 is 0 Å². The zero-order valence-electron chi connectivity index (χ0n) is 12.1. The quantitative estimate of drug-likeness (QED) is 0.768. The molecule has 0 unspecified atom stereocenters. The lowest BCUT2D eigenvalue weighted by Gasteiger charge is -2.25. The number of halogens is 3. The van der Waals surface area contributed by atoms with E-state index in [1.54, 1.807) is 6.92 Å². The third-order valence-electron chi connectivity index (χ3n) is 4.36. The van der Waals surface area contributed by atoms with Crippen LogP contribution >= 0.6 is 23.5 Å². The zero-order valence-corrected chi connectivity index (χ0v) is 13.7. The van der Waals surface area contributed by atoms with E-state index >= 15 is 0 Å². The first kappa shape index (κ1) is 15.4. The molecule has 1 fully saturated rings. The second kappa shape index (κ2) is 4.95. The molecule has 0 saturated heterocycles. The third-order valence-corrected chi connectivity index (χ3v) is 7.35. The Balaban J connectivity index is 1.82. The predicted molar refractivity (Wildman–Crippen MR) is 80.7 cm³/mol. The van der Waals surface area contributed by atoms with Crippen LogP contribution in [0.5, 0.6) is 0 Å². The van der Waals surface area contributed by atoms with Crippen LogP contribution in [0.2, 0.25) is 0 Å². The maximum Gasteiger partial charge on any atom is 0.435 e. The standard InChI is InChI=1S/C14H13F3N2O2S2/c1-2-21-9(20)6-19-12-10(11(18-19)14(15,16)17)7-5-8(7)13(12)22-3-4-23-13/h3-4,7-8H,2,5-6H2,1H3/t7-,8+/m0/s1. The Morgan fingerprint density at radius 2 is 2.17 bits per heavy atom. The van der Waals surface area contributed by atoms with Gasteiger partial charge >= 0.3 is 12.1 Å². The molecule has 2 aliphatic carbocycles. The summed E-state index contributed by atoms with van der Waals surface area (Å²) in [5.74, 6) is -0.490. The van der Waals surface area contributed by atoms with Crippen LogP contribution in [0.1, 0.15) is 36.2 Å². The van der Waals surface area contributed by atoms with Gasteiger partial charge in [-0.3, -0.25) is 9.48 Å². The SMILES string of the molecule is CCOC(=O)Cn1nc(C(F)(F)F)c2c1C1(SC=CS1)[C@@H]1C[C@H]21. The van der Waals surface area contributed by atoms with Gasteiger partial charge < -0.3 is 4.74 Å². The summed E-state index contributed by atoms with van der Waals surface area (Å²) < 4.78 is 45.8. The Morgan fingerprint density at radius 3 is 2.78 bits per heavy atom. The molecule has 23 heavy (non-hydrogen) atoms. The van der Waals surface area contributed by atoms with Gasteiger partial charge in [0.05, 0.1) is 12.3 Å². The van der Waals surface area contributed by atoms with Crippen molar-refractivity contribution in [3.8, 4) is 0 Å². The molecule has 3 aliphatic rings. The average Bonchev–Trinajstić information content (AvgIpc) is 2.86. The van der Waals surface area contributed by atoms with Crippen molar-refractivity contribution in [2.45, 2.75) is 36.1 Å². The van der Waals surface area contributed by atoms with Crippen LogP contribution in [0.4, 0.5) is 13.2 Å². The van der Waals surface area contributed by atoms with Crippen molar-refractivity contribution < 1.29 is 22.7 Å². The fraction of sp³-hybridized carbons (Fsp3) is 0.571. The van der Waals surface area contributed by atoms with Gasteiger partial charge in [0, 0.05) is 5.56 Å². The van der Waals surface area contributed by atoms with E-state index in [0.717, 1.165) is 6.42 Å². The van der Waals surface area contributed by atoms with Crippen LogP contribution in [0.25, 0.3) is 0 Å². The molecule has 1 spiro atoms. The number of rotatable bonds is 3. The Kier molecular flexibility index (Phi) is 3.32. The fourth-order valence-corrected chi connectivity index (χ4v) is 6.46. The van der Waals surface area contributed by atoms with Gasteiger partial charge in [-0.15, -0.1) is 23.5 Å². The number of nitrogens with zero attached hydrogens (tertiary/aromatic N) is 2. The van der Waals surface area contributed by atoms with E-state index in [9.17, 15) is 18.0 Å². The van der Waals surface area contributed by atoms with Gasteiger partial charge in [0.15, 0.2) is 5.69 Å². The van der Waals surface area contributed by atoms with Gasteiger partial charge in [0.25, 0.3) is 0 Å². The third kappa shape index (κ3) is 2.15. The largest absolute Gasteiger partial charge is 0.465 e. The van der Waals surface area contributed by atoms with E-state index < -0.39 is 21.9 Å². The fourth-order valence-electron chi connectivity index (χ4n) is 3.53. The first-order valence-corrected chi connectivity index (χ1v) is 8.99. The number of esters is 1. The average molecular weight is 362 g/mol. The van der Waals surface area contributed by atoms with Gasteiger partial charge in [0.1, 0.15) is 10.6 Å². The van der Waals surface area contributed by atoms with E-state index in [0.29, 0.717) is 5.69 Å². The number of fused-ring (bicyclic) bond motifs is 5. The molecule has 2 atom stereocenters. The summed E-state index contributed by atoms with van der Waals surface area (Å²) in [5, 5.41) is 7.57. The van der Waals surface area contributed by atoms with Crippen LogP contribution in [-0.4, -0.2) is 22.4 Å². The Bertz CT molecular complexity index is 706. The van der Waals surface area contributed by atoms with Crippen molar-refractivity contribution in [1.82, 2.24) is 9.78 Å². The van der Waals surface area contributed by atoms with E-state index in [1.165, 1.54) is 28.2 Å². The molecule has 0 radical (unpaired) electrons. The summed E-state index contributed by atoms with van der Waals surface area (Å²) >= 11 is 3.05. The molecule has 1 aromatic rings. The molecule has 9 heteroatoms. The number of thioether (sulfide) groups is 2. The monoisotopic (exact) mass is 362 g/mol. The van der Waals surface area contributed by atoms with Crippen molar-refractivity contribution in [3.05, 3.63) is 27.8 Å². The minimum absolute atomic E-state index is 0.0996. The van der Waals surface area contributed by atoms with E-state index in [2.05, 4.69) is 5.10 Å². The minimum atomic E-state index is -4.51. The molecule has 2 heterocycles. The normalized spacial score (nSPS) is 26.4. The van der Waals surface area contributed by atoms with Crippen LogP contribution in [-0.2, 0) is 26.3 Å². The molecule has 0 N–H and O–H groups in total. The lowest BCUT2D eigenvalue weighted by Crippen LogP contribution is -2.24. The minimum Gasteiger partial charge on any atom is -0.465 e. The summed E-state index contributed by atoms with van der Waals surface area (Å²) in [4.78, 5) is 11.8. The summed E-state index contributed by atoms with van der Waals surface area (Å²) in [6, 6.07) is 0. The number of carbonyl (C=O) groups is 1. The van der Waals surface area contributed by atoms with Gasteiger partial charge in [-0.1, -0.05) is 0 Å². The van der Waals surface area contributed by atoms with Gasteiger partial charge in [0.2, 0.25) is 0 Å². The van der Waals surface area contributed by atoms with Crippen molar-refractivity contribution >= 4 is 29.5 Å². The highest BCUT2D eigenvalue weighted by molar-refractivity contribution is 8.23. The molecule has 124 valence electrons. The Labute approximate surface area is 138 Å². The highest BCUT2D eigenvalue weighted by atomic mass is 32.2. The first-order valence-electron chi connectivity index (χ1n) is 7.23. The summed E-state index contributed by atoms with van der Waals surface area (Å²) in [6.45, 7) is 1.57. The molecular formula is C14H13F3N2O2S2. The Morgan fingerprint density at radius 1 is 1.48 bits per heavy atom. The molecule has 4 nitrogen and oxygen atoms in total. The van der Waals surface area contributed by atoms with E-state index in [-0.39, 0.29) is 30.6 Å². The number of alkyl halides is 3. The van der Waals surface area contributed by atoms with Crippen molar-refractivity contribution in [1.29, 1.82) is 0 Å². The topological polar surface area (TPSA) is 44.1 Å². The molecule has 0 amide bonds. The first-order chi connectivity index (χ1) is 10.9. The molecule has 0 bridgehead atoms. The summed E-state index contributed by atoms with van der Waals surface area (Å²) in [5.41, 5.74) is -0.0103. The number of carbonyl (C=O) groups excluding carboxylic acids is 1. The lowest BCUT2D eigenvalue weighted by atomic mass is 10.1. The number of aromatic nitrogens is 2. The van der Waals surface area contributed by atoms with Gasteiger partial charge in [-0.2, -0.15) is 18.3 Å². The Hall–Kier alpha value is -1.09. The predicted octanol–water partition coefficient (Wildman–Crippen LogP) is 3.69. The van der Waals surface area contributed by atoms with Gasteiger partial charge in [-0.25, -0.2) is 0 Å². The second-order valence-corrected chi connectivity index (χ2v) is 8.26. The molecule has 4 rings (SSSR count). The van der Waals surface area contributed by atoms with Crippen LogP contribution in [0.3, 0.4) is 0 Å². The highest BCUT2D eigenvalue weighted by Gasteiger charge is 2.67. The molecule has 1 aliphatic heterocycles. The molecular weight excluding hydrogens is 349 g/mol. The number of hydrogen-bond acceptors (Lipinski definition) is 5. The van der Waals surface area contributed by atoms with E-state index in [4.69, 9.17) is 4.74 Å². The highest BCUT2D eigenvalue weighted by Crippen LogP contribution is 2.76. The smallest absolute Gasteiger partial charge is 0.435 e. The van der Waals surface area contributed by atoms with Crippen LogP contribution in [0.15, 0.2) is 10.8 Å². The lowest BCUT2D eigenvalue weighted by molar-refractivity contribution is -0.146. The summed E-state index contributed by atoms with van der Waals surface area (Å²) in [7, 11) is 0. The molecule has 0 aromatic carbocycles. The van der Waals surface area contributed by atoms with E-state index in [1.807, 2.05) is 10.8 Å². The number of ether oxygens (including phenoxy) is 1. The maximum atomic E-state index is 13.4.